The van der Waals surface area contributed by atoms with Crippen LogP contribution in [0.1, 0.15) is 37.6 Å². The quantitative estimate of drug-likeness (QED) is 0.845. The molecule has 7 heteroatoms. The molecule has 0 aromatic carbocycles. The first-order valence-electron chi connectivity index (χ1n) is 5.72. The lowest BCUT2D eigenvalue weighted by Gasteiger charge is -2.03. The summed E-state index contributed by atoms with van der Waals surface area (Å²) in [5.74, 6) is -0.564. The van der Waals surface area contributed by atoms with Gasteiger partial charge in [-0.1, -0.05) is 6.92 Å². The van der Waals surface area contributed by atoms with Gasteiger partial charge in [0.15, 0.2) is 5.82 Å². The third kappa shape index (κ3) is 3.32. The van der Waals surface area contributed by atoms with Crippen molar-refractivity contribution in [1.82, 2.24) is 9.78 Å². The summed E-state index contributed by atoms with van der Waals surface area (Å²) in [5.41, 5.74) is 0.250. The lowest BCUT2D eigenvalue weighted by Crippen LogP contribution is -2.12. The molecule has 1 amide bonds. The number of aromatic nitrogens is 2. The molecular weight excluding hydrogens is 302 g/mol. The molecule has 0 saturated carbocycles. The predicted octanol–water partition coefficient (Wildman–Crippen LogP) is 2.19. The van der Waals surface area contributed by atoms with Crippen molar-refractivity contribution in [1.29, 1.82) is 0 Å². The number of nitrogens with one attached hydrogen (secondary N) is 1. The standard InChI is InChI=1S/C11H16BrN3O3/c1-4-6-15-9(12)8(11(17)18-5-2)10(14-15)13-7(3)16/h4-6H2,1-3H3,(H,13,14,16). The fourth-order valence-corrected chi connectivity index (χ4v) is 2.05. The first-order valence-corrected chi connectivity index (χ1v) is 6.51. The largest absolute Gasteiger partial charge is 0.462 e. The lowest BCUT2D eigenvalue weighted by molar-refractivity contribution is -0.114. The molecule has 0 saturated heterocycles. The minimum absolute atomic E-state index is 0.223. The van der Waals surface area contributed by atoms with E-state index in [-0.39, 0.29) is 23.9 Å². The Morgan fingerprint density at radius 1 is 1.44 bits per heavy atom. The normalized spacial score (nSPS) is 10.2. The summed E-state index contributed by atoms with van der Waals surface area (Å²) in [4.78, 5) is 22.9. The van der Waals surface area contributed by atoms with Crippen molar-refractivity contribution >= 4 is 33.6 Å². The van der Waals surface area contributed by atoms with Gasteiger partial charge in [-0.15, -0.1) is 0 Å². The molecule has 0 aliphatic rings. The zero-order chi connectivity index (χ0) is 13.7. The number of rotatable bonds is 5. The van der Waals surface area contributed by atoms with E-state index in [9.17, 15) is 9.59 Å². The monoisotopic (exact) mass is 317 g/mol. The second kappa shape index (κ2) is 6.53. The van der Waals surface area contributed by atoms with Gasteiger partial charge < -0.3 is 10.1 Å². The number of aryl methyl sites for hydroxylation is 1. The molecule has 1 rings (SSSR count). The van der Waals surface area contributed by atoms with Gasteiger partial charge in [0.1, 0.15) is 10.2 Å². The molecule has 0 bridgehead atoms. The number of hydrogen-bond donors (Lipinski definition) is 1. The van der Waals surface area contributed by atoms with Crippen molar-refractivity contribution in [3.05, 3.63) is 10.2 Å². The molecule has 0 radical (unpaired) electrons. The van der Waals surface area contributed by atoms with E-state index >= 15 is 0 Å². The van der Waals surface area contributed by atoms with Crippen LogP contribution in [0.25, 0.3) is 0 Å². The molecular formula is C11H16BrN3O3. The summed E-state index contributed by atoms with van der Waals surface area (Å²) in [6.45, 7) is 5.99. The van der Waals surface area contributed by atoms with E-state index in [4.69, 9.17) is 4.74 Å². The van der Waals surface area contributed by atoms with Crippen molar-refractivity contribution in [2.75, 3.05) is 11.9 Å². The number of halogens is 1. The molecule has 0 atom stereocenters. The van der Waals surface area contributed by atoms with E-state index < -0.39 is 5.97 Å². The summed E-state index contributed by atoms with van der Waals surface area (Å²) in [5, 5.41) is 6.71. The highest BCUT2D eigenvalue weighted by atomic mass is 79.9. The molecule has 100 valence electrons. The van der Waals surface area contributed by atoms with Gasteiger partial charge in [0.2, 0.25) is 5.91 Å². The van der Waals surface area contributed by atoms with Crippen molar-refractivity contribution in [2.24, 2.45) is 0 Å². The average Bonchev–Trinajstić information content (AvgIpc) is 2.55. The average molecular weight is 318 g/mol. The summed E-state index contributed by atoms with van der Waals surface area (Å²) >= 11 is 3.31. The number of hydrogen-bond acceptors (Lipinski definition) is 4. The van der Waals surface area contributed by atoms with E-state index in [1.807, 2.05) is 6.92 Å². The molecule has 1 aromatic rings. The number of carbonyl (C=O) groups is 2. The van der Waals surface area contributed by atoms with Crippen molar-refractivity contribution in [3.8, 4) is 0 Å². The van der Waals surface area contributed by atoms with Crippen LogP contribution < -0.4 is 5.32 Å². The van der Waals surface area contributed by atoms with E-state index in [1.54, 1.807) is 11.6 Å². The van der Waals surface area contributed by atoms with Crippen molar-refractivity contribution in [3.63, 3.8) is 0 Å². The molecule has 0 aliphatic carbocycles. The lowest BCUT2D eigenvalue weighted by atomic mass is 10.3. The van der Waals surface area contributed by atoms with E-state index in [0.29, 0.717) is 11.1 Å². The Hall–Kier alpha value is -1.37. The summed E-state index contributed by atoms with van der Waals surface area (Å²) < 4.78 is 7.09. The second-order valence-corrected chi connectivity index (χ2v) is 4.39. The van der Waals surface area contributed by atoms with Crippen LogP contribution in [-0.2, 0) is 16.1 Å². The van der Waals surface area contributed by atoms with Gasteiger partial charge in [0.25, 0.3) is 0 Å². The van der Waals surface area contributed by atoms with E-state index in [2.05, 4.69) is 26.3 Å². The Morgan fingerprint density at radius 2 is 2.11 bits per heavy atom. The van der Waals surface area contributed by atoms with Gasteiger partial charge in [-0.3, -0.25) is 9.48 Å². The third-order valence-electron chi connectivity index (χ3n) is 2.10. The highest BCUT2D eigenvalue weighted by molar-refractivity contribution is 9.10. The van der Waals surface area contributed by atoms with Crippen LogP contribution in [0.3, 0.4) is 0 Å². The summed E-state index contributed by atoms with van der Waals surface area (Å²) in [6.07, 6.45) is 0.863. The van der Waals surface area contributed by atoms with Crippen LogP contribution >= 0.6 is 15.9 Å². The summed E-state index contributed by atoms with van der Waals surface area (Å²) in [6, 6.07) is 0. The maximum Gasteiger partial charge on any atom is 0.344 e. The van der Waals surface area contributed by atoms with Crippen LogP contribution in [0.4, 0.5) is 5.82 Å². The zero-order valence-electron chi connectivity index (χ0n) is 10.6. The fraction of sp³-hybridized carbons (Fsp3) is 0.545. The molecule has 0 spiro atoms. The van der Waals surface area contributed by atoms with Gasteiger partial charge in [-0.05, 0) is 29.3 Å². The molecule has 0 fully saturated rings. The first-order chi connectivity index (χ1) is 8.51. The highest BCUT2D eigenvalue weighted by Crippen LogP contribution is 2.26. The minimum Gasteiger partial charge on any atom is -0.462 e. The van der Waals surface area contributed by atoms with Crippen LogP contribution in [-0.4, -0.2) is 28.3 Å². The SMILES string of the molecule is CCCn1nc(NC(C)=O)c(C(=O)OCC)c1Br. The third-order valence-corrected chi connectivity index (χ3v) is 2.91. The van der Waals surface area contributed by atoms with Crippen LogP contribution in [0.15, 0.2) is 4.60 Å². The van der Waals surface area contributed by atoms with Crippen LogP contribution in [0.2, 0.25) is 0 Å². The number of anilines is 1. The molecule has 18 heavy (non-hydrogen) atoms. The topological polar surface area (TPSA) is 73.2 Å². The van der Waals surface area contributed by atoms with Gasteiger partial charge in [0, 0.05) is 13.5 Å². The molecule has 0 aliphatic heterocycles. The maximum atomic E-state index is 11.8. The molecule has 0 unspecified atom stereocenters. The Bertz CT molecular complexity index is 457. The van der Waals surface area contributed by atoms with Crippen LogP contribution in [0.5, 0.6) is 0 Å². The minimum atomic E-state index is -0.504. The number of esters is 1. The van der Waals surface area contributed by atoms with Gasteiger partial charge in [-0.25, -0.2) is 4.79 Å². The molecule has 1 aromatic heterocycles. The molecule has 1 N–H and O–H groups in total. The Kier molecular flexibility index (Phi) is 5.33. The smallest absolute Gasteiger partial charge is 0.344 e. The van der Waals surface area contributed by atoms with Gasteiger partial charge >= 0.3 is 5.97 Å². The fourth-order valence-electron chi connectivity index (χ4n) is 1.44. The first kappa shape index (κ1) is 14.7. The Balaban J connectivity index is 3.17. The maximum absolute atomic E-state index is 11.8. The number of carbonyl (C=O) groups excluding carboxylic acids is 2. The number of ether oxygens (including phenoxy) is 1. The zero-order valence-corrected chi connectivity index (χ0v) is 12.2. The van der Waals surface area contributed by atoms with E-state index in [0.717, 1.165) is 6.42 Å². The second-order valence-electron chi connectivity index (χ2n) is 3.64. The highest BCUT2D eigenvalue weighted by Gasteiger charge is 2.23. The van der Waals surface area contributed by atoms with Crippen molar-refractivity contribution < 1.29 is 14.3 Å². The number of nitrogens with zero attached hydrogens (tertiary/aromatic N) is 2. The van der Waals surface area contributed by atoms with Crippen LogP contribution in [0, 0.1) is 0 Å². The van der Waals surface area contributed by atoms with Crippen molar-refractivity contribution in [2.45, 2.75) is 33.7 Å². The van der Waals surface area contributed by atoms with E-state index in [1.165, 1.54) is 6.92 Å². The molecule has 1 heterocycles. The number of amides is 1. The molecule has 6 nitrogen and oxygen atoms in total. The summed E-state index contributed by atoms with van der Waals surface area (Å²) in [7, 11) is 0. The van der Waals surface area contributed by atoms with Gasteiger partial charge in [0.05, 0.1) is 6.61 Å². The Morgan fingerprint density at radius 3 is 2.61 bits per heavy atom. The Labute approximate surface area is 114 Å². The predicted molar refractivity (Wildman–Crippen MR) is 70.5 cm³/mol. The van der Waals surface area contributed by atoms with Gasteiger partial charge in [-0.2, -0.15) is 5.10 Å².